The Morgan fingerprint density at radius 2 is 2.25 bits per heavy atom. The maximum absolute atomic E-state index is 10.1. The Morgan fingerprint density at radius 3 is 2.67 bits per heavy atom. The molecule has 0 radical (unpaired) electrons. The van der Waals surface area contributed by atoms with Crippen LogP contribution >= 0.6 is 43.2 Å². The SMILES string of the molecule is O=C(O)C#Cc1cc(Br)c(Br)s1. The molecule has 0 fully saturated rings. The van der Waals surface area contributed by atoms with Gasteiger partial charge in [0.1, 0.15) is 0 Å². The third-order valence-electron chi connectivity index (χ3n) is 0.938. The summed E-state index contributed by atoms with van der Waals surface area (Å²) in [6.07, 6.45) is 0. The van der Waals surface area contributed by atoms with Crippen molar-refractivity contribution < 1.29 is 9.90 Å². The first kappa shape index (κ1) is 9.78. The Labute approximate surface area is 89.9 Å². The summed E-state index contributed by atoms with van der Waals surface area (Å²) < 4.78 is 1.80. The van der Waals surface area contributed by atoms with Crippen molar-refractivity contribution in [3.05, 3.63) is 19.2 Å². The van der Waals surface area contributed by atoms with Crippen LogP contribution in [0.1, 0.15) is 4.88 Å². The van der Waals surface area contributed by atoms with Crippen LogP contribution < -0.4 is 0 Å². The van der Waals surface area contributed by atoms with Gasteiger partial charge in [-0.25, -0.2) is 4.79 Å². The van der Waals surface area contributed by atoms with Gasteiger partial charge in [0.15, 0.2) is 0 Å². The first-order chi connectivity index (χ1) is 5.59. The highest BCUT2D eigenvalue weighted by Crippen LogP contribution is 2.31. The van der Waals surface area contributed by atoms with Crippen LogP contribution in [-0.4, -0.2) is 11.1 Å². The Morgan fingerprint density at radius 1 is 1.58 bits per heavy atom. The number of thiophene rings is 1. The molecule has 0 saturated heterocycles. The Kier molecular flexibility index (Phi) is 3.32. The molecule has 0 aliphatic rings. The smallest absolute Gasteiger partial charge is 0.382 e. The number of carboxylic acid groups (broad SMARTS) is 1. The van der Waals surface area contributed by atoms with Gasteiger partial charge in [-0.15, -0.1) is 11.3 Å². The summed E-state index contributed by atoms with van der Waals surface area (Å²) in [4.78, 5) is 10.8. The highest BCUT2D eigenvalue weighted by atomic mass is 79.9. The summed E-state index contributed by atoms with van der Waals surface area (Å²) >= 11 is 7.94. The van der Waals surface area contributed by atoms with E-state index in [0.29, 0.717) is 0 Å². The van der Waals surface area contributed by atoms with Crippen molar-refractivity contribution in [2.75, 3.05) is 0 Å². The highest BCUT2D eigenvalue weighted by molar-refractivity contribution is 9.13. The molecule has 5 heteroatoms. The average Bonchev–Trinajstić information content (AvgIpc) is 2.28. The molecule has 0 atom stereocenters. The topological polar surface area (TPSA) is 37.3 Å². The normalized spacial score (nSPS) is 8.83. The fourth-order valence-electron chi connectivity index (χ4n) is 0.523. The van der Waals surface area contributed by atoms with E-state index in [9.17, 15) is 4.79 Å². The fourth-order valence-corrected chi connectivity index (χ4v) is 2.41. The van der Waals surface area contributed by atoms with Crippen molar-refractivity contribution in [2.24, 2.45) is 0 Å². The minimum Gasteiger partial charge on any atom is -0.472 e. The second-order valence-electron chi connectivity index (χ2n) is 1.79. The quantitative estimate of drug-likeness (QED) is 0.748. The van der Waals surface area contributed by atoms with Gasteiger partial charge < -0.3 is 5.11 Å². The molecule has 0 unspecified atom stereocenters. The van der Waals surface area contributed by atoms with E-state index >= 15 is 0 Å². The van der Waals surface area contributed by atoms with E-state index < -0.39 is 5.97 Å². The largest absolute Gasteiger partial charge is 0.472 e. The zero-order chi connectivity index (χ0) is 9.14. The Bertz CT molecular complexity index is 353. The molecule has 0 amide bonds. The molecule has 12 heavy (non-hydrogen) atoms. The lowest BCUT2D eigenvalue weighted by Crippen LogP contribution is -1.85. The Hall–Kier alpha value is -0.310. The molecule has 1 heterocycles. The summed E-state index contributed by atoms with van der Waals surface area (Å²) in [5, 5.41) is 8.26. The minimum atomic E-state index is -1.12. The van der Waals surface area contributed by atoms with Gasteiger partial charge >= 0.3 is 5.97 Å². The lowest BCUT2D eigenvalue weighted by Gasteiger charge is -1.74. The summed E-state index contributed by atoms with van der Waals surface area (Å²) in [6, 6.07) is 1.77. The summed E-state index contributed by atoms with van der Waals surface area (Å²) in [5.74, 6) is 3.44. The number of carboxylic acids is 1. The molecule has 1 aromatic heterocycles. The van der Waals surface area contributed by atoms with Crippen LogP contribution in [0.3, 0.4) is 0 Å². The number of hydrogen-bond donors (Lipinski definition) is 1. The second-order valence-corrected chi connectivity index (χ2v) is 5.01. The van der Waals surface area contributed by atoms with Crippen LogP contribution in [0.25, 0.3) is 0 Å². The molecule has 1 N–H and O–H groups in total. The standard InChI is InChI=1S/C7H2Br2O2S/c8-5-3-4(12-7(5)9)1-2-6(10)11/h3H,(H,10,11). The molecular formula is C7H2Br2O2S. The number of halogens is 2. The lowest BCUT2D eigenvalue weighted by molar-refractivity contribution is -0.130. The lowest BCUT2D eigenvalue weighted by atomic mass is 10.4. The van der Waals surface area contributed by atoms with Gasteiger partial charge in [-0.2, -0.15) is 0 Å². The first-order valence-corrected chi connectivity index (χ1v) is 5.19. The number of carbonyl (C=O) groups is 1. The average molecular weight is 310 g/mol. The van der Waals surface area contributed by atoms with Gasteiger partial charge in [-0.1, -0.05) is 0 Å². The van der Waals surface area contributed by atoms with Gasteiger partial charge in [0.05, 0.1) is 8.66 Å². The van der Waals surface area contributed by atoms with Crippen LogP contribution in [0.5, 0.6) is 0 Å². The van der Waals surface area contributed by atoms with E-state index in [-0.39, 0.29) is 0 Å². The molecule has 0 saturated carbocycles. The van der Waals surface area contributed by atoms with Crippen molar-refractivity contribution >= 4 is 49.2 Å². The highest BCUT2D eigenvalue weighted by Gasteiger charge is 2.00. The molecule has 0 spiro atoms. The van der Waals surface area contributed by atoms with Crippen LogP contribution in [-0.2, 0) is 4.79 Å². The number of hydrogen-bond acceptors (Lipinski definition) is 2. The minimum absolute atomic E-state index is 0.719. The van der Waals surface area contributed by atoms with E-state index in [0.717, 1.165) is 13.1 Å². The monoisotopic (exact) mass is 308 g/mol. The molecule has 1 rings (SSSR count). The van der Waals surface area contributed by atoms with Crippen LogP contribution in [0, 0.1) is 11.8 Å². The van der Waals surface area contributed by atoms with Crippen molar-refractivity contribution in [1.82, 2.24) is 0 Å². The van der Waals surface area contributed by atoms with E-state index in [4.69, 9.17) is 5.11 Å². The van der Waals surface area contributed by atoms with E-state index in [1.807, 2.05) is 5.92 Å². The Balaban J connectivity index is 2.93. The molecule has 2 nitrogen and oxygen atoms in total. The van der Waals surface area contributed by atoms with Crippen LogP contribution in [0.15, 0.2) is 14.3 Å². The second kappa shape index (κ2) is 4.08. The molecule has 0 bridgehead atoms. The number of aliphatic carboxylic acids is 1. The fraction of sp³-hybridized carbons (Fsp3) is 0. The maximum atomic E-state index is 10.1. The van der Waals surface area contributed by atoms with Gasteiger partial charge in [0, 0.05) is 10.4 Å². The predicted octanol–water partition coefficient (Wildman–Crippen LogP) is 2.71. The van der Waals surface area contributed by atoms with Crippen molar-refractivity contribution in [1.29, 1.82) is 0 Å². The third kappa shape index (κ3) is 2.63. The van der Waals surface area contributed by atoms with Crippen LogP contribution in [0.4, 0.5) is 0 Å². The van der Waals surface area contributed by atoms with Gasteiger partial charge in [0.25, 0.3) is 0 Å². The summed E-state index contributed by atoms with van der Waals surface area (Å²) in [6.45, 7) is 0. The molecular weight excluding hydrogens is 308 g/mol. The third-order valence-corrected chi connectivity index (χ3v) is 4.11. The van der Waals surface area contributed by atoms with Crippen LogP contribution in [0.2, 0.25) is 0 Å². The van der Waals surface area contributed by atoms with Crippen molar-refractivity contribution in [3.63, 3.8) is 0 Å². The van der Waals surface area contributed by atoms with Gasteiger partial charge in [-0.3, -0.25) is 0 Å². The summed E-state index contributed by atoms with van der Waals surface area (Å²) in [7, 11) is 0. The van der Waals surface area contributed by atoms with Crippen molar-refractivity contribution in [3.8, 4) is 11.8 Å². The molecule has 0 aliphatic heterocycles. The molecule has 0 aromatic carbocycles. The van der Waals surface area contributed by atoms with Crippen molar-refractivity contribution in [2.45, 2.75) is 0 Å². The maximum Gasteiger partial charge on any atom is 0.382 e. The van der Waals surface area contributed by atoms with E-state index in [1.54, 1.807) is 6.07 Å². The van der Waals surface area contributed by atoms with E-state index in [2.05, 4.69) is 37.8 Å². The first-order valence-electron chi connectivity index (χ1n) is 2.79. The molecule has 62 valence electrons. The molecule has 0 aliphatic carbocycles. The predicted molar refractivity (Wildman–Crippen MR) is 54.2 cm³/mol. The zero-order valence-electron chi connectivity index (χ0n) is 5.60. The number of rotatable bonds is 0. The van der Waals surface area contributed by atoms with Gasteiger partial charge in [-0.05, 0) is 43.8 Å². The van der Waals surface area contributed by atoms with E-state index in [1.165, 1.54) is 11.3 Å². The molecule has 1 aromatic rings. The van der Waals surface area contributed by atoms with Gasteiger partial charge in [0.2, 0.25) is 0 Å². The summed E-state index contributed by atoms with van der Waals surface area (Å²) in [5.41, 5.74) is 0. The zero-order valence-corrected chi connectivity index (χ0v) is 9.59.